The number of ether oxygens (including phenoxy) is 1. The quantitative estimate of drug-likeness (QED) is 0.176. The number of hydrogen-bond donors (Lipinski definition) is 2. The fourth-order valence-corrected chi connectivity index (χ4v) is 4.91. The maximum Gasteiger partial charge on any atom is 0.307 e. The summed E-state index contributed by atoms with van der Waals surface area (Å²) in [7, 11) is 1.49. The lowest BCUT2D eigenvalue weighted by Crippen LogP contribution is -2.19. The number of halogens is 1. The molecule has 1 heterocycles. The number of anilines is 2. The number of carbonyl (C=O) groups excluding carboxylic acids is 1. The molecule has 39 heavy (non-hydrogen) atoms. The molecule has 8 heteroatoms. The Morgan fingerprint density at radius 2 is 1.67 bits per heavy atom. The van der Waals surface area contributed by atoms with Gasteiger partial charge in [-0.2, -0.15) is 0 Å². The summed E-state index contributed by atoms with van der Waals surface area (Å²) < 4.78 is 19.9. The molecule has 0 aliphatic carbocycles. The van der Waals surface area contributed by atoms with E-state index >= 15 is 0 Å². The smallest absolute Gasteiger partial charge is 0.307 e. The van der Waals surface area contributed by atoms with Gasteiger partial charge in [-0.05, 0) is 41.2 Å². The van der Waals surface area contributed by atoms with Crippen molar-refractivity contribution in [2.45, 2.75) is 32.6 Å². The zero-order chi connectivity index (χ0) is 27.9. The van der Waals surface area contributed by atoms with E-state index in [1.165, 1.54) is 30.1 Å². The minimum Gasteiger partial charge on any atom is -0.481 e. The topological polar surface area (TPSA) is 88.5 Å². The number of hydrogen-bond acceptors (Lipinski definition) is 6. The van der Waals surface area contributed by atoms with Gasteiger partial charge in [-0.15, -0.1) is 11.3 Å². The van der Waals surface area contributed by atoms with E-state index in [2.05, 4.69) is 36.3 Å². The van der Waals surface area contributed by atoms with Crippen molar-refractivity contribution in [3.63, 3.8) is 0 Å². The Bertz CT molecular complexity index is 1430. The number of Topliss-reactive ketones (excluding diaryl/α,β-unsaturated/α-hetero) is 1. The molecule has 0 radical (unpaired) electrons. The first-order valence-electron chi connectivity index (χ1n) is 12.7. The first-order chi connectivity index (χ1) is 18.7. The van der Waals surface area contributed by atoms with Crippen LogP contribution in [-0.2, 0) is 9.53 Å². The number of aliphatic carboxylic acids is 1. The Labute approximate surface area is 231 Å². The predicted molar refractivity (Wildman–Crippen MR) is 153 cm³/mol. The van der Waals surface area contributed by atoms with Crippen molar-refractivity contribution >= 4 is 33.9 Å². The van der Waals surface area contributed by atoms with Crippen molar-refractivity contribution in [2.75, 3.05) is 19.0 Å². The SMILES string of the molecule is COCCC(CC(=O)c1ccc(-c2ccc(Nc3nc(-c4ccc(C(C)C)cc4)cs3)c(F)c2)cc1)C(=O)O. The maximum atomic E-state index is 15.0. The average molecular weight is 547 g/mol. The number of thiazole rings is 1. The molecule has 0 aliphatic rings. The fraction of sp³-hybridized carbons (Fsp3) is 0.258. The summed E-state index contributed by atoms with van der Waals surface area (Å²) >= 11 is 1.41. The summed E-state index contributed by atoms with van der Waals surface area (Å²) in [6.07, 6.45) is 0.164. The third-order valence-corrected chi connectivity index (χ3v) is 7.34. The number of rotatable bonds is 12. The summed E-state index contributed by atoms with van der Waals surface area (Å²) in [5.41, 5.74) is 5.24. The van der Waals surface area contributed by atoms with Gasteiger partial charge >= 0.3 is 5.97 Å². The van der Waals surface area contributed by atoms with E-state index in [-0.39, 0.29) is 25.2 Å². The number of benzene rings is 3. The zero-order valence-electron chi connectivity index (χ0n) is 22.1. The van der Waals surface area contributed by atoms with Crippen LogP contribution in [0, 0.1) is 11.7 Å². The maximum absolute atomic E-state index is 15.0. The molecule has 0 amide bonds. The van der Waals surface area contributed by atoms with E-state index in [4.69, 9.17) is 4.74 Å². The molecule has 0 fully saturated rings. The number of nitrogens with one attached hydrogen (secondary N) is 1. The molecular weight excluding hydrogens is 515 g/mol. The van der Waals surface area contributed by atoms with Gasteiger partial charge in [0.1, 0.15) is 5.82 Å². The Balaban J connectivity index is 1.42. The van der Waals surface area contributed by atoms with Gasteiger partial charge in [0.25, 0.3) is 0 Å². The lowest BCUT2D eigenvalue weighted by atomic mass is 9.94. The molecule has 202 valence electrons. The summed E-state index contributed by atoms with van der Waals surface area (Å²) in [5, 5.41) is 15.0. The van der Waals surface area contributed by atoms with E-state index in [1.807, 2.05) is 17.5 Å². The molecule has 0 spiro atoms. The highest BCUT2D eigenvalue weighted by Crippen LogP contribution is 2.31. The number of carbonyl (C=O) groups is 2. The largest absolute Gasteiger partial charge is 0.481 e. The average Bonchev–Trinajstić information content (AvgIpc) is 3.40. The van der Waals surface area contributed by atoms with Gasteiger partial charge < -0.3 is 15.2 Å². The minimum absolute atomic E-state index is 0.102. The number of aromatic nitrogens is 1. The van der Waals surface area contributed by atoms with Crippen LogP contribution in [0.4, 0.5) is 15.2 Å². The van der Waals surface area contributed by atoms with Crippen LogP contribution in [0.15, 0.2) is 72.1 Å². The molecule has 0 saturated carbocycles. The molecule has 0 aliphatic heterocycles. The lowest BCUT2D eigenvalue weighted by Gasteiger charge is -2.11. The van der Waals surface area contributed by atoms with Crippen LogP contribution in [-0.4, -0.2) is 35.6 Å². The van der Waals surface area contributed by atoms with Crippen molar-refractivity contribution < 1.29 is 23.8 Å². The van der Waals surface area contributed by atoms with Crippen molar-refractivity contribution in [1.82, 2.24) is 4.98 Å². The lowest BCUT2D eigenvalue weighted by molar-refractivity contribution is -0.142. The van der Waals surface area contributed by atoms with E-state index in [0.717, 1.165) is 16.8 Å². The first kappa shape index (κ1) is 28.1. The van der Waals surface area contributed by atoms with Crippen molar-refractivity contribution in [2.24, 2.45) is 5.92 Å². The summed E-state index contributed by atoms with van der Waals surface area (Å²) in [6, 6.07) is 19.9. The van der Waals surface area contributed by atoms with Gasteiger partial charge in [0.2, 0.25) is 0 Å². The first-order valence-corrected chi connectivity index (χ1v) is 13.6. The normalized spacial score (nSPS) is 11.9. The van der Waals surface area contributed by atoms with Crippen molar-refractivity contribution in [3.05, 3.63) is 89.1 Å². The molecule has 0 saturated heterocycles. The van der Waals surface area contributed by atoms with Crippen LogP contribution in [0.3, 0.4) is 0 Å². The molecular formula is C31H31FN2O4S. The summed E-state index contributed by atoms with van der Waals surface area (Å²) in [4.78, 5) is 28.6. The molecule has 0 bridgehead atoms. The molecule has 1 unspecified atom stereocenters. The molecule has 1 aromatic heterocycles. The van der Waals surface area contributed by atoms with Gasteiger partial charge in [-0.25, -0.2) is 9.37 Å². The van der Waals surface area contributed by atoms with E-state index in [1.54, 1.807) is 36.4 Å². The van der Waals surface area contributed by atoms with Crippen LogP contribution >= 0.6 is 11.3 Å². The Morgan fingerprint density at radius 3 is 2.28 bits per heavy atom. The number of nitrogens with zero attached hydrogens (tertiary/aromatic N) is 1. The van der Waals surface area contributed by atoms with Gasteiger partial charge in [-0.1, -0.05) is 68.4 Å². The second-order valence-electron chi connectivity index (χ2n) is 9.66. The van der Waals surface area contributed by atoms with Crippen LogP contribution in [0.1, 0.15) is 48.5 Å². The Morgan fingerprint density at radius 1 is 1.00 bits per heavy atom. The monoisotopic (exact) mass is 546 g/mol. The van der Waals surface area contributed by atoms with E-state index in [0.29, 0.717) is 27.9 Å². The number of carboxylic acids is 1. The summed E-state index contributed by atoms with van der Waals surface area (Å²) in [6.45, 7) is 4.58. The molecule has 6 nitrogen and oxygen atoms in total. The Hall–Kier alpha value is -3.88. The predicted octanol–water partition coefficient (Wildman–Crippen LogP) is 7.79. The zero-order valence-corrected chi connectivity index (χ0v) is 22.9. The standard InChI is InChI=1S/C31H31FN2O4S/c1-19(2)20-4-8-22(9-5-20)28-18-39-31(34-28)33-27-13-12-24(16-26(27)32)21-6-10-23(11-7-21)29(35)17-25(30(36)37)14-15-38-3/h4-13,16,18-19,25H,14-15,17H2,1-3H3,(H,33,34)(H,36,37). The highest BCUT2D eigenvalue weighted by molar-refractivity contribution is 7.14. The second-order valence-corrected chi connectivity index (χ2v) is 10.5. The molecule has 3 aromatic carbocycles. The number of carboxylic acid groups (broad SMARTS) is 1. The summed E-state index contributed by atoms with van der Waals surface area (Å²) in [5.74, 6) is -2.04. The number of methoxy groups -OCH3 is 1. The van der Waals surface area contributed by atoms with Crippen LogP contribution in [0.2, 0.25) is 0 Å². The van der Waals surface area contributed by atoms with E-state index < -0.39 is 17.7 Å². The van der Waals surface area contributed by atoms with E-state index in [9.17, 15) is 19.1 Å². The fourth-order valence-electron chi connectivity index (χ4n) is 4.18. The molecule has 2 N–H and O–H groups in total. The third-order valence-electron chi connectivity index (χ3n) is 6.58. The highest BCUT2D eigenvalue weighted by atomic mass is 32.1. The van der Waals surface area contributed by atoms with Gasteiger partial charge in [0.15, 0.2) is 10.9 Å². The van der Waals surface area contributed by atoms with Gasteiger partial charge in [-0.3, -0.25) is 9.59 Å². The van der Waals surface area contributed by atoms with Crippen LogP contribution in [0.5, 0.6) is 0 Å². The highest BCUT2D eigenvalue weighted by Gasteiger charge is 2.22. The molecule has 4 rings (SSSR count). The second kappa shape index (κ2) is 12.8. The molecule has 4 aromatic rings. The van der Waals surface area contributed by atoms with Crippen molar-refractivity contribution in [1.29, 1.82) is 0 Å². The van der Waals surface area contributed by atoms with Crippen molar-refractivity contribution in [3.8, 4) is 22.4 Å². The van der Waals surface area contributed by atoms with Crippen LogP contribution < -0.4 is 5.32 Å². The van der Waals surface area contributed by atoms with Gasteiger partial charge in [0, 0.05) is 36.6 Å². The van der Waals surface area contributed by atoms with Gasteiger partial charge in [0.05, 0.1) is 17.3 Å². The number of ketones is 1. The Kier molecular flexibility index (Phi) is 9.22. The van der Waals surface area contributed by atoms with Crippen LogP contribution in [0.25, 0.3) is 22.4 Å². The minimum atomic E-state index is -1.02. The molecule has 1 atom stereocenters. The third kappa shape index (κ3) is 7.16.